The van der Waals surface area contributed by atoms with E-state index < -0.39 is 0 Å². The number of hydrogen-bond donors (Lipinski definition) is 3. The quantitative estimate of drug-likeness (QED) is 0.467. The Balaban J connectivity index is 1.68. The van der Waals surface area contributed by atoms with Gasteiger partial charge in [-0.2, -0.15) is 5.10 Å². The zero-order valence-electron chi connectivity index (χ0n) is 13.6. The molecular weight excluding hydrogens is 336 g/mol. The van der Waals surface area contributed by atoms with Gasteiger partial charge in [-0.05, 0) is 36.6 Å². The Morgan fingerprint density at radius 3 is 2.76 bits per heavy atom. The third kappa shape index (κ3) is 4.60. The van der Waals surface area contributed by atoms with E-state index >= 15 is 0 Å². The molecule has 25 heavy (non-hydrogen) atoms. The van der Waals surface area contributed by atoms with Crippen molar-refractivity contribution in [1.82, 2.24) is 15.2 Å². The number of hydrogen-bond acceptors (Lipinski definition) is 5. The summed E-state index contributed by atoms with van der Waals surface area (Å²) >= 11 is 1.27. The highest BCUT2D eigenvalue weighted by Gasteiger charge is 2.17. The molecule has 0 saturated heterocycles. The zero-order chi connectivity index (χ0) is 17.6. The number of phenolic OH excluding ortho intramolecular Hbond substituents is 1. The van der Waals surface area contributed by atoms with Gasteiger partial charge in [0.1, 0.15) is 12.1 Å². The van der Waals surface area contributed by atoms with Crippen LogP contribution in [0.15, 0.2) is 60.0 Å². The van der Waals surface area contributed by atoms with Crippen molar-refractivity contribution in [2.45, 2.75) is 23.8 Å². The Morgan fingerprint density at radius 1 is 1.24 bits per heavy atom. The number of nitrogens with one attached hydrogen (secondary N) is 2. The van der Waals surface area contributed by atoms with Crippen LogP contribution in [0, 0.1) is 0 Å². The van der Waals surface area contributed by atoms with E-state index in [1.54, 1.807) is 19.1 Å². The van der Waals surface area contributed by atoms with Crippen molar-refractivity contribution in [2.24, 2.45) is 0 Å². The van der Waals surface area contributed by atoms with Crippen LogP contribution < -0.4 is 5.32 Å². The number of amides is 1. The van der Waals surface area contributed by atoms with Gasteiger partial charge in [-0.3, -0.25) is 9.89 Å². The fraction of sp³-hybridized carbons (Fsp3) is 0.167. The number of nitrogens with zero attached hydrogens (tertiary/aromatic N) is 2. The molecule has 0 aliphatic carbocycles. The number of carbonyl (C=O) groups excluding carboxylic acids is 1. The lowest BCUT2D eigenvalue weighted by molar-refractivity contribution is -0.115. The average Bonchev–Trinajstić information content (AvgIpc) is 3.11. The molecule has 1 amide bonds. The molecule has 1 aromatic heterocycles. The second-order valence-electron chi connectivity index (χ2n) is 5.55. The number of benzene rings is 2. The van der Waals surface area contributed by atoms with Gasteiger partial charge in [0, 0.05) is 0 Å². The van der Waals surface area contributed by atoms with Crippen LogP contribution >= 0.6 is 11.8 Å². The van der Waals surface area contributed by atoms with Crippen molar-refractivity contribution >= 4 is 23.4 Å². The van der Waals surface area contributed by atoms with Crippen molar-refractivity contribution in [3.63, 3.8) is 0 Å². The molecule has 128 valence electrons. The van der Waals surface area contributed by atoms with Crippen LogP contribution in [0.3, 0.4) is 0 Å². The Labute approximate surface area is 149 Å². The molecule has 1 atom stereocenters. The zero-order valence-corrected chi connectivity index (χ0v) is 14.5. The number of H-pyrrole nitrogens is 1. The van der Waals surface area contributed by atoms with Gasteiger partial charge in [0.25, 0.3) is 0 Å². The number of aromatic hydroxyl groups is 1. The van der Waals surface area contributed by atoms with E-state index in [-0.39, 0.29) is 16.9 Å². The van der Waals surface area contributed by atoms with E-state index in [2.05, 4.69) is 20.5 Å². The molecule has 0 aliphatic rings. The molecule has 3 aromatic rings. The highest BCUT2D eigenvalue weighted by Crippen LogP contribution is 2.27. The van der Waals surface area contributed by atoms with Crippen LogP contribution in [-0.4, -0.2) is 31.4 Å². The fourth-order valence-corrected chi connectivity index (χ4v) is 3.05. The number of phenols is 1. The van der Waals surface area contributed by atoms with Crippen molar-refractivity contribution in [3.8, 4) is 5.75 Å². The van der Waals surface area contributed by atoms with Crippen molar-refractivity contribution in [1.29, 1.82) is 0 Å². The fourth-order valence-electron chi connectivity index (χ4n) is 2.33. The van der Waals surface area contributed by atoms with E-state index in [0.717, 1.165) is 12.0 Å². The second kappa shape index (κ2) is 7.85. The minimum absolute atomic E-state index is 0.0435. The topological polar surface area (TPSA) is 90.9 Å². The highest BCUT2D eigenvalue weighted by molar-refractivity contribution is 8.00. The van der Waals surface area contributed by atoms with E-state index in [9.17, 15) is 9.90 Å². The third-order valence-electron chi connectivity index (χ3n) is 3.62. The lowest BCUT2D eigenvalue weighted by Gasteiger charge is -2.13. The molecular formula is C18H18N4O2S. The van der Waals surface area contributed by atoms with Crippen LogP contribution in [0.4, 0.5) is 5.69 Å². The van der Waals surface area contributed by atoms with Crippen molar-refractivity contribution < 1.29 is 9.90 Å². The average molecular weight is 354 g/mol. The number of rotatable bonds is 6. The van der Waals surface area contributed by atoms with Gasteiger partial charge in [0.2, 0.25) is 5.91 Å². The van der Waals surface area contributed by atoms with Crippen LogP contribution in [0.5, 0.6) is 5.75 Å². The SMILES string of the molecule is CC(Sc1ncn[nH]1)C(=O)Nc1cc(Cc2ccccc2)ccc1O. The molecule has 1 unspecified atom stereocenters. The van der Waals surface area contributed by atoms with Gasteiger partial charge in [0.05, 0.1) is 10.9 Å². The number of aromatic amines is 1. The lowest BCUT2D eigenvalue weighted by Crippen LogP contribution is -2.22. The third-order valence-corrected chi connectivity index (χ3v) is 4.61. The number of anilines is 1. The minimum Gasteiger partial charge on any atom is -0.506 e. The molecule has 3 N–H and O–H groups in total. The summed E-state index contributed by atoms with van der Waals surface area (Å²) in [5, 5.41) is 19.5. The van der Waals surface area contributed by atoms with Crippen molar-refractivity contribution in [2.75, 3.05) is 5.32 Å². The Hall–Kier alpha value is -2.80. The number of carbonyl (C=O) groups is 1. The standard InChI is InChI=1S/C18H18N4O2S/c1-12(25-18-19-11-20-22-18)17(24)21-15-10-14(7-8-16(15)23)9-13-5-3-2-4-6-13/h2-8,10-12,23H,9H2,1H3,(H,21,24)(H,19,20,22). The van der Waals surface area contributed by atoms with E-state index in [0.29, 0.717) is 10.8 Å². The predicted molar refractivity (Wildman–Crippen MR) is 97.7 cm³/mol. The minimum atomic E-state index is -0.384. The first-order valence-corrected chi connectivity index (χ1v) is 8.68. The maximum Gasteiger partial charge on any atom is 0.237 e. The predicted octanol–water partition coefficient (Wildman–Crippen LogP) is 3.22. The molecule has 6 nitrogen and oxygen atoms in total. The van der Waals surface area contributed by atoms with Crippen LogP contribution in [0.2, 0.25) is 0 Å². The smallest absolute Gasteiger partial charge is 0.237 e. The Bertz CT molecular complexity index is 838. The summed E-state index contributed by atoms with van der Waals surface area (Å²) in [7, 11) is 0. The summed E-state index contributed by atoms with van der Waals surface area (Å²) in [6.45, 7) is 1.77. The first-order valence-electron chi connectivity index (χ1n) is 7.80. The van der Waals surface area contributed by atoms with Gasteiger partial charge in [0.15, 0.2) is 5.16 Å². The Kier molecular flexibility index (Phi) is 5.35. The molecule has 0 saturated carbocycles. The maximum atomic E-state index is 12.4. The summed E-state index contributed by atoms with van der Waals surface area (Å²) in [6.07, 6.45) is 2.12. The summed E-state index contributed by atoms with van der Waals surface area (Å²) in [6, 6.07) is 15.3. The van der Waals surface area contributed by atoms with Crippen molar-refractivity contribution in [3.05, 3.63) is 66.0 Å². The highest BCUT2D eigenvalue weighted by atomic mass is 32.2. The van der Waals surface area contributed by atoms with E-state index in [1.807, 2.05) is 36.4 Å². The first-order chi connectivity index (χ1) is 12.1. The van der Waals surface area contributed by atoms with Crippen LogP contribution in [0.25, 0.3) is 0 Å². The van der Waals surface area contributed by atoms with Crippen LogP contribution in [0.1, 0.15) is 18.1 Å². The monoisotopic (exact) mass is 354 g/mol. The van der Waals surface area contributed by atoms with Gasteiger partial charge in [-0.25, -0.2) is 4.98 Å². The normalized spacial score (nSPS) is 11.9. The molecule has 0 fully saturated rings. The molecule has 0 bridgehead atoms. The Morgan fingerprint density at radius 2 is 2.04 bits per heavy atom. The van der Waals surface area contributed by atoms with Gasteiger partial charge in [-0.1, -0.05) is 48.2 Å². The number of thioether (sulfide) groups is 1. The van der Waals surface area contributed by atoms with Crippen LogP contribution in [-0.2, 0) is 11.2 Å². The summed E-state index contributed by atoms with van der Waals surface area (Å²) in [4.78, 5) is 16.3. The maximum absolute atomic E-state index is 12.4. The summed E-state index contributed by atoms with van der Waals surface area (Å²) in [5.41, 5.74) is 2.58. The molecule has 0 aliphatic heterocycles. The first kappa shape index (κ1) is 17.0. The van der Waals surface area contributed by atoms with E-state index in [1.165, 1.54) is 23.7 Å². The molecule has 3 rings (SSSR count). The molecule has 0 radical (unpaired) electrons. The summed E-state index contributed by atoms with van der Waals surface area (Å²) < 4.78 is 0. The second-order valence-corrected chi connectivity index (χ2v) is 6.88. The molecule has 7 heteroatoms. The molecule has 0 spiro atoms. The van der Waals surface area contributed by atoms with Gasteiger partial charge < -0.3 is 10.4 Å². The largest absolute Gasteiger partial charge is 0.506 e. The summed E-state index contributed by atoms with van der Waals surface area (Å²) in [5.74, 6) is -0.171. The molecule has 2 aromatic carbocycles. The molecule has 1 heterocycles. The number of aromatic nitrogens is 3. The van der Waals surface area contributed by atoms with Gasteiger partial charge in [-0.15, -0.1) is 0 Å². The lowest BCUT2D eigenvalue weighted by atomic mass is 10.0. The van der Waals surface area contributed by atoms with E-state index in [4.69, 9.17) is 0 Å². The van der Waals surface area contributed by atoms with Gasteiger partial charge >= 0.3 is 0 Å².